The first kappa shape index (κ1) is 11.6. The highest BCUT2D eigenvalue weighted by molar-refractivity contribution is 7.12. The molecule has 2 heterocycles. The maximum atomic E-state index is 12.3. The van der Waals surface area contributed by atoms with Crippen molar-refractivity contribution in [3.05, 3.63) is 22.4 Å². The van der Waals surface area contributed by atoms with E-state index in [0.717, 1.165) is 0 Å². The Hall–Kier alpha value is -2.51. The Balaban J connectivity index is 2.14. The topological polar surface area (TPSA) is 120 Å². The first-order chi connectivity index (χ1) is 9.06. The predicted molar refractivity (Wildman–Crippen MR) is 64.9 cm³/mol. The summed E-state index contributed by atoms with van der Waals surface area (Å²) >= 11 is 1.20. The molecule has 3 atom stereocenters. The van der Waals surface area contributed by atoms with Gasteiger partial charge in [0, 0.05) is 0 Å². The van der Waals surface area contributed by atoms with Gasteiger partial charge >= 0.3 is 0 Å². The third-order valence-electron chi connectivity index (χ3n) is 3.75. The molecule has 3 rings (SSSR count). The monoisotopic (exact) mass is 270 g/mol. The van der Waals surface area contributed by atoms with E-state index in [2.05, 4.69) is 4.99 Å². The van der Waals surface area contributed by atoms with Crippen LogP contribution in [0.1, 0.15) is 9.67 Å². The Morgan fingerprint density at radius 2 is 2.11 bits per heavy atom. The van der Waals surface area contributed by atoms with Crippen LogP contribution in [0.4, 0.5) is 0 Å². The highest BCUT2D eigenvalue weighted by Crippen LogP contribution is 2.72. The second-order valence-electron chi connectivity index (χ2n) is 4.42. The van der Waals surface area contributed by atoms with E-state index in [0.29, 0.717) is 4.88 Å². The minimum absolute atomic E-state index is 0.226. The fourth-order valence-electron chi connectivity index (χ4n) is 2.77. The molecule has 0 bridgehead atoms. The molecule has 0 radical (unpaired) electrons. The van der Waals surface area contributed by atoms with Crippen molar-refractivity contribution in [1.29, 1.82) is 10.5 Å². The van der Waals surface area contributed by atoms with Crippen LogP contribution in [-0.4, -0.2) is 17.5 Å². The van der Waals surface area contributed by atoms with Crippen LogP contribution in [0.5, 0.6) is 0 Å². The van der Waals surface area contributed by atoms with Gasteiger partial charge in [-0.2, -0.15) is 15.5 Å². The van der Waals surface area contributed by atoms with Crippen molar-refractivity contribution < 1.29 is 9.59 Å². The van der Waals surface area contributed by atoms with Crippen molar-refractivity contribution in [3.63, 3.8) is 0 Å². The number of hydrogen-bond donors (Lipinski definition) is 1. The molecule has 1 amide bonds. The molecule has 92 valence electrons. The Bertz CT molecular complexity index is 724. The van der Waals surface area contributed by atoms with Crippen LogP contribution in [-0.2, 0) is 4.79 Å². The largest absolute Gasteiger partial charge is 0.386 e. The van der Waals surface area contributed by atoms with Gasteiger partial charge in [-0.15, -0.1) is 11.3 Å². The molecular formula is C12H6N4O2S. The van der Waals surface area contributed by atoms with Gasteiger partial charge in [0.25, 0.3) is 5.91 Å². The summed E-state index contributed by atoms with van der Waals surface area (Å²) in [6, 6.07) is 6.94. The van der Waals surface area contributed by atoms with Gasteiger partial charge in [-0.25, -0.2) is 0 Å². The summed E-state index contributed by atoms with van der Waals surface area (Å²) in [5.41, 5.74) is 2.29. The number of amidine groups is 1. The smallest absolute Gasteiger partial charge is 0.270 e. The van der Waals surface area contributed by atoms with Crippen LogP contribution in [0, 0.1) is 39.4 Å². The van der Waals surface area contributed by atoms with Crippen molar-refractivity contribution in [2.24, 2.45) is 27.5 Å². The number of nitrogens with two attached hydrogens (primary N) is 1. The average Bonchev–Trinajstić information content (AvgIpc) is 2.69. The highest BCUT2D eigenvalue weighted by atomic mass is 32.1. The molecule has 0 saturated heterocycles. The van der Waals surface area contributed by atoms with Gasteiger partial charge < -0.3 is 5.73 Å². The summed E-state index contributed by atoms with van der Waals surface area (Å²) in [5.74, 6) is -2.46. The maximum Gasteiger partial charge on any atom is 0.270 e. The third-order valence-corrected chi connectivity index (χ3v) is 4.63. The highest BCUT2D eigenvalue weighted by Gasteiger charge is 2.90. The Morgan fingerprint density at radius 1 is 1.42 bits per heavy atom. The molecule has 2 N–H and O–H groups in total. The van der Waals surface area contributed by atoms with Crippen LogP contribution in [0.3, 0.4) is 0 Å². The lowest BCUT2D eigenvalue weighted by Gasteiger charge is -2.03. The van der Waals surface area contributed by atoms with E-state index in [9.17, 15) is 20.1 Å². The number of carbonyl (C=O) groups is 2. The molecule has 0 spiro atoms. The molecule has 2 aliphatic rings. The number of nitriles is 2. The molecule has 1 saturated carbocycles. The van der Waals surface area contributed by atoms with Crippen LogP contribution in [0.15, 0.2) is 22.5 Å². The summed E-state index contributed by atoms with van der Waals surface area (Å²) < 4.78 is 0. The summed E-state index contributed by atoms with van der Waals surface area (Å²) in [7, 11) is 0. The summed E-state index contributed by atoms with van der Waals surface area (Å²) in [5, 5.41) is 20.3. The molecule has 3 unspecified atom stereocenters. The first-order valence-electron chi connectivity index (χ1n) is 5.35. The van der Waals surface area contributed by atoms with Crippen LogP contribution in [0.25, 0.3) is 0 Å². The van der Waals surface area contributed by atoms with Gasteiger partial charge in [0.1, 0.15) is 5.84 Å². The SMILES string of the molecule is N#CC12C(=O)N=C(N)C1(C#N)C2C(=O)c1cccs1. The van der Waals surface area contributed by atoms with E-state index < -0.39 is 28.4 Å². The van der Waals surface area contributed by atoms with Crippen LogP contribution >= 0.6 is 11.3 Å². The number of thiophene rings is 1. The van der Waals surface area contributed by atoms with E-state index in [4.69, 9.17) is 5.73 Å². The number of Topliss-reactive ketones (excluding diaryl/α,β-unsaturated/α-hetero) is 1. The lowest BCUT2D eigenvalue weighted by atomic mass is 9.97. The second-order valence-corrected chi connectivity index (χ2v) is 5.36. The fraction of sp³-hybridized carbons (Fsp3) is 0.250. The molecule has 1 fully saturated rings. The second kappa shape index (κ2) is 3.28. The molecule has 6 nitrogen and oxygen atoms in total. The van der Waals surface area contributed by atoms with E-state index >= 15 is 0 Å². The normalized spacial score (nSPS) is 34.9. The average molecular weight is 270 g/mol. The third kappa shape index (κ3) is 0.985. The molecule has 1 aromatic heterocycles. The van der Waals surface area contributed by atoms with E-state index in [1.54, 1.807) is 23.6 Å². The van der Waals surface area contributed by atoms with Gasteiger partial charge in [0.15, 0.2) is 16.6 Å². The van der Waals surface area contributed by atoms with Gasteiger partial charge in [0.05, 0.1) is 22.9 Å². The first-order valence-corrected chi connectivity index (χ1v) is 6.23. The summed E-state index contributed by atoms with van der Waals surface area (Å²) in [4.78, 5) is 28.1. The summed E-state index contributed by atoms with van der Waals surface area (Å²) in [6.45, 7) is 0. The number of ketones is 1. The number of nitrogens with zero attached hydrogens (tertiary/aromatic N) is 3. The number of fused-ring (bicyclic) bond motifs is 1. The quantitative estimate of drug-likeness (QED) is 0.783. The Labute approximate surface area is 111 Å². The van der Waals surface area contributed by atoms with Crippen molar-refractivity contribution in [3.8, 4) is 12.1 Å². The molecule has 7 heteroatoms. The molecular weight excluding hydrogens is 264 g/mol. The molecule has 1 aliphatic carbocycles. The number of rotatable bonds is 2. The lowest BCUT2D eigenvalue weighted by molar-refractivity contribution is -0.121. The molecule has 0 aromatic carbocycles. The van der Waals surface area contributed by atoms with Crippen molar-refractivity contribution >= 4 is 28.9 Å². The fourth-order valence-corrected chi connectivity index (χ4v) is 3.46. The lowest BCUT2D eigenvalue weighted by Crippen LogP contribution is -2.26. The van der Waals surface area contributed by atoms with Gasteiger partial charge in [-0.1, -0.05) is 6.07 Å². The van der Waals surface area contributed by atoms with Crippen molar-refractivity contribution in [1.82, 2.24) is 0 Å². The zero-order valence-electron chi connectivity index (χ0n) is 9.45. The van der Waals surface area contributed by atoms with Gasteiger partial charge in [0.2, 0.25) is 0 Å². The molecule has 19 heavy (non-hydrogen) atoms. The number of hydrogen-bond acceptors (Lipinski definition) is 6. The number of amides is 1. The van der Waals surface area contributed by atoms with Crippen LogP contribution in [0.2, 0.25) is 0 Å². The van der Waals surface area contributed by atoms with Crippen LogP contribution < -0.4 is 5.73 Å². The number of aliphatic imine (C=N–C) groups is 1. The molecule has 1 aromatic rings. The van der Waals surface area contributed by atoms with Gasteiger partial charge in [-0.3, -0.25) is 9.59 Å². The van der Waals surface area contributed by atoms with Gasteiger partial charge in [-0.05, 0) is 11.4 Å². The Kier molecular flexibility index (Phi) is 2.00. The van der Waals surface area contributed by atoms with Crippen molar-refractivity contribution in [2.75, 3.05) is 0 Å². The standard InChI is InChI=1S/C12H6N4O2S/c13-4-11-8(7(17)6-2-1-3-19-6)12(11,5-14)10(18)16-9(11)15/h1-3,8H,(H2,15,16,18). The van der Waals surface area contributed by atoms with E-state index in [-0.39, 0.29) is 5.84 Å². The number of carbonyl (C=O) groups excluding carboxylic acids is 2. The zero-order chi connectivity index (χ0) is 13.8. The predicted octanol–water partition coefficient (Wildman–Crippen LogP) is 0.478. The minimum atomic E-state index is -1.73. The summed E-state index contributed by atoms with van der Waals surface area (Å²) in [6.07, 6.45) is 0. The minimum Gasteiger partial charge on any atom is -0.386 e. The maximum absolute atomic E-state index is 12.3. The molecule has 1 aliphatic heterocycles. The van der Waals surface area contributed by atoms with E-state index in [1.807, 2.05) is 6.07 Å². The van der Waals surface area contributed by atoms with Crippen molar-refractivity contribution in [2.45, 2.75) is 0 Å². The Morgan fingerprint density at radius 3 is 2.58 bits per heavy atom. The van der Waals surface area contributed by atoms with E-state index in [1.165, 1.54) is 11.3 Å². The zero-order valence-corrected chi connectivity index (χ0v) is 10.3.